The van der Waals surface area contributed by atoms with Crippen LogP contribution in [-0.4, -0.2) is 0 Å². The van der Waals surface area contributed by atoms with Gasteiger partial charge in [0.25, 0.3) is 0 Å². The standard InChI is InChI=1S/C58H39N3S2/c1-5-18-41(19-6-1)59(42-20-7-2-8-21-42)45-30-34-55-52(36-45)50-32-28-47(38-57(50)62-55)61(54-27-15-17-40-16-13-14-26-49(40)54)48-29-33-51-53-37-46(31-35-56(53)63-58(51)39-48)60(43-22-9-3-10-23-43)44-24-11-4-12-25-44/h1-39H. The maximum atomic E-state index is 2.45. The van der Waals surface area contributed by atoms with E-state index in [9.17, 15) is 0 Å². The van der Waals surface area contributed by atoms with Crippen molar-refractivity contribution in [3.8, 4) is 0 Å². The summed E-state index contributed by atoms with van der Waals surface area (Å²) in [6.45, 7) is 0. The van der Waals surface area contributed by atoms with Crippen LogP contribution in [0.3, 0.4) is 0 Å². The molecule has 0 aliphatic rings. The number of thiophene rings is 2. The molecule has 0 spiro atoms. The molecule has 0 N–H and O–H groups in total. The van der Waals surface area contributed by atoms with Crippen LogP contribution in [0.25, 0.3) is 51.1 Å². The van der Waals surface area contributed by atoms with Gasteiger partial charge in [0.2, 0.25) is 0 Å². The number of para-hydroxylation sites is 4. The zero-order valence-corrected chi connectivity index (χ0v) is 35.8. The Morgan fingerprint density at radius 3 is 1.06 bits per heavy atom. The number of hydrogen-bond donors (Lipinski definition) is 0. The van der Waals surface area contributed by atoms with Gasteiger partial charge in [0, 0.05) is 91.2 Å². The molecule has 0 bridgehead atoms. The lowest BCUT2D eigenvalue weighted by Gasteiger charge is -2.27. The van der Waals surface area contributed by atoms with Crippen LogP contribution in [0.5, 0.6) is 0 Å². The van der Waals surface area contributed by atoms with Crippen LogP contribution in [-0.2, 0) is 0 Å². The molecule has 0 amide bonds. The van der Waals surface area contributed by atoms with Crippen LogP contribution in [0.1, 0.15) is 0 Å². The lowest BCUT2D eigenvalue weighted by molar-refractivity contribution is 1.29. The normalized spacial score (nSPS) is 11.5. The smallest absolute Gasteiger partial charge is 0.0540 e. The summed E-state index contributed by atoms with van der Waals surface area (Å²) in [5.41, 5.74) is 10.2. The molecule has 12 aromatic rings. The van der Waals surface area contributed by atoms with E-state index in [4.69, 9.17) is 0 Å². The van der Waals surface area contributed by atoms with E-state index in [0.717, 1.165) is 51.2 Å². The van der Waals surface area contributed by atoms with Gasteiger partial charge >= 0.3 is 0 Å². The van der Waals surface area contributed by atoms with Crippen molar-refractivity contribution in [2.75, 3.05) is 14.7 Å². The van der Waals surface area contributed by atoms with Crippen LogP contribution in [0, 0.1) is 0 Å². The first-order valence-electron chi connectivity index (χ1n) is 21.2. The minimum atomic E-state index is 1.13. The number of fused-ring (bicyclic) bond motifs is 7. The van der Waals surface area contributed by atoms with Gasteiger partial charge in [0.1, 0.15) is 0 Å². The number of rotatable bonds is 9. The maximum Gasteiger partial charge on any atom is 0.0540 e. The van der Waals surface area contributed by atoms with Crippen LogP contribution >= 0.6 is 22.7 Å². The molecule has 298 valence electrons. The lowest BCUT2D eigenvalue weighted by atomic mass is 10.0. The Labute approximate surface area is 374 Å². The summed E-state index contributed by atoms with van der Waals surface area (Å²) in [4.78, 5) is 7.13. The molecule has 63 heavy (non-hydrogen) atoms. The average molecular weight is 842 g/mol. The van der Waals surface area contributed by atoms with Gasteiger partial charge < -0.3 is 14.7 Å². The Morgan fingerprint density at radius 1 is 0.222 bits per heavy atom. The minimum absolute atomic E-state index is 1.13. The molecule has 0 aliphatic carbocycles. The van der Waals surface area contributed by atoms with Crippen LogP contribution in [0.4, 0.5) is 51.2 Å². The molecule has 10 aromatic carbocycles. The molecule has 3 nitrogen and oxygen atoms in total. The molecule has 0 atom stereocenters. The summed E-state index contributed by atoms with van der Waals surface area (Å²) in [5.74, 6) is 0. The van der Waals surface area contributed by atoms with Gasteiger partial charge in [-0.3, -0.25) is 0 Å². The SMILES string of the molecule is c1ccc(N(c2ccccc2)c2ccc3sc4cc(N(c5ccc6c(c5)sc5ccc(N(c7ccccc7)c7ccccc7)cc56)c5cccc6ccccc56)ccc4c3c2)cc1. The summed E-state index contributed by atoms with van der Waals surface area (Å²) in [6, 6.07) is 85.7. The molecule has 0 aliphatic heterocycles. The third-order valence-electron chi connectivity index (χ3n) is 12.0. The third kappa shape index (κ3) is 6.66. The van der Waals surface area contributed by atoms with E-state index in [1.54, 1.807) is 0 Å². The van der Waals surface area contributed by atoms with Crippen molar-refractivity contribution < 1.29 is 0 Å². The molecule has 2 heterocycles. The molecule has 2 aromatic heterocycles. The highest BCUT2D eigenvalue weighted by molar-refractivity contribution is 7.26. The Kier molecular flexibility index (Phi) is 9.21. The van der Waals surface area contributed by atoms with E-state index < -0.39 is 0 Å². The zero-order chi connectivity index (χ0) is 41.7. The monoisotopic (exact) mass is 841 g/mol. The molecular weight excluding hydrogens is 803 g/mol. The van der Waals surface area contributed by atoms with Gasteiger partial charge in [-0.1, -0.05) is 121 Å². The molecule has 0 saturated heterocycles. The average Bonchev–Trinajstić information content (AvgIpc) is 3.90. The van der Waals surface area contributed by atoms with Crippen molar-refractivity contribution in [3.05, 3.63) is 237 Å². The summed E-state index contributed by atoms with van der Waals surface area (Å²) in [7, 11) is 0. The largest absolute Gasteiger partial charge is 0.310 e. The quantitative estimate of drug-likeness (QED) is 0.143. The fourth-order valence-corrected chi connectivity index (χ4v) is 11.3. The summed E-state index contributed by atoms with van der Waals surface area (Å²) < 4.78 is 5.06. The summed E-state index contributed by atoms with van der Waals surface area (Å²) >= 11 is 3.72. The topological polar surface area (TPSA) is 9.72 Å². The van der Waals surface area contributed by atoms with Gasteiger partial charge in [-0.25, -0.2) is 0 Å². The number of benzene rings is 10. The Balaban J connectivity index is 0.986. The van der Waals surface area contributed by atoms with Crippen molar-refractivity contribution in [3.63, 3.8) is 0 Å². The molecular formula is C58H39N3S2. The van der Waals surface area contributed by atoms with Crippen molar-refractivity contribution in [2.24, 2.45) is 0 Å². The second-order valence-electron chi connectivity index (χ2n) is 15.8. The summed E-state index contributed by atoms with van der Waals surface area (Å²) in [5, 5.41) is 7.47. The molecule has 0 saturated carbocycles. The van der Waals surface area contributed by atoms with Gasteiger partial charge in [-0.05, 0) is 121 Å². The van der Waals surface area contributed by atoms with Crippen LogP contribution < -0.4 is 14.7 Å². The van der Waals surface area contributed by atoms with Crippen LogP contribution in [0.15, 0.2) is 237 Å². The van der Waals surface area contributed by atoms with Gasteiger partial charge in [0.05, 0.1) is 5.69 Å². The fourth-order valence-electron chi connectivity index (χ4n) is 9.10. The zero-order valence-electron chi connectivity index (χ0n) is 34.2. The highest BCUT2D eigenvalue weighted by atomic mass is 32.1. The molecule has 12 rings (SSSR count). The van der Waals surface area contributed by atoms with E-state index in [-0.39, 0.29) is 0 Å². The van der Waals surface area contributed by atoms with E-state index in [1.807, 2.05) is 22.7 Å². The Bertz CT molecular complexity index is 3300. The minimum Gasteiger partial charge on any atom is -0.310 e. The number of anilines is 9. The predicted molar refractivity (Wildman–Crippen MR) is 274 cm³/mol. The second kappa shape index (κ2) is 15.6. The Hall–Kier alpha value is -7.70. The lowest BCUT2D eigenvalue weighted by Crippen LogP contribution is -2.10. The van der Waals surface area contributed by atoms with E-state index in [2.05, 4.69) is 251 Å². The molecule has 5 heteroatoms. The maximum absolute atomic E-state index is 2.45. The fraction of sp³-hybridized carbons (Fsp3) is 0. The first-order chi connectivity index (χ1) is 31.2. The first-order valence-corrected chi connectivity index (χ1v) is 22.9. The van der Waals surface area contributed by atoms with Gasteiger partial charge in [0.15, 0.2) is 0 Å². The Morgan fingerprint density at radius 2 is 0.603 bits per heavy atom. The number of hydrogen-bond acceptors (Lipinski definition) is 5. The van der Waals surface area contributed by atoms with Crippen molar-refractivity contribution in [2.45, 2.75) is 0 Å². The molecule has 0 radical (unpaired) electrons. The first kappa shape index (κ1) is 37.1. The highest BCUT2D eigenvalue weighted by Gasteiger charge is 2.21. The van der Waals surface area contributed by atoms with Gasteiger partial charge in [-0.15, -0.1) is 22.7 Å². The van der Waals surface area contributed by atoms with Crippen LogP contribution in [0.2, 0.25) is 0 Å². The van der Waals surface area contributed by atoms with E-state index >= 15 is 0 Å². The highest BCUT2D eigenvalue weighted by Crippen LogP contribution is 2.47. The van der Waals surface area contributed by atoms with Gasteiger partial charge in [-0.2, -0.15) is 0 Å². The third-order valence-corrected chi connectivity index (χ3v) is 14.2. The molecule has 0 fully saturated rings. The van der Waals surface area contributed by atoms with Crippen molar-refractivity contribution >= 4 is 125 Å². The second-order valence-corrected chi connectivity index (χ2v) is 17.9. The van der Waals surface area contributed by atoms with E-state index in [1.165, 1.54) is 51.1 Å². The van der Waals surface area contributed by atoms with E-state index in [0.29, 0.717) is 0 Å². The van der Waals surface area contributed by atoms with Crippen molar-refractivity contribution in [1.82, 2.24) is 0 Å². The number of nitrogens with zero attached hydrogens (tertiary/aromatic N) is 3. The summed E-state index contributed by atoms with van der Waals surface area (Å²) in [6.07, 6.45) is 0. The predicted octanol–water partition coefficient (Wildman–Crippen LogP) is 18.0. The van der Waals surface area contributed by atoms with Crippen molar-refractivity contribution in [1.29, 1.82) is 0 Å². The molecule has 0 unspecified atom stereocenters.